The maximum atomic E-state index is 13.9. The smallest absolute Gasteiger partial charge is 0.129 e. The first-order valence-electron chi connectivity index (χ1n) is 5.84. The van der Waals surface area contributed by atoms with Gasteiger partial charge in [-0.3, -0.25) is 0 Å². The summed E-state index contributed by atoms with van der Waals surface area (Å²) in [6.45, 7) is 2.81. The van der Waals surface area contributed by atoms with Crippen LogP contribution in [0.3, 0.4) is 0 Å². The minimum absolute atomic E-state index is 0.100. The zero-order chi connectivity index (χ0) is 11.5. The van der Waals surface area contributed by atoms with Gasteiger partial charge in [0.1, 0.15) is 5.82 Å². The van der Waals surface area contributed by atoms with Gasteiger partial charge in [-0.1, -0.05) is 18.0 Å². The van der Waals surface area contributed by atoms with Gasteiger partial charge in [0, 0.05) is 11.1 Å². The van der Waals surface area contributed by atoms with E-state index in [4.69, 9.17) is 11.6 Å². The van der Waals surface area contributed by atoms with Crippen molar-refractivity contribution in [2.75, 3.05) is 6.54 Å². The molecule has 1 aliphatic rings. The van der Waals surface area contributed by atoms with Crippen LogP contribution < -0.4 is 5.32 Å². The molecule has 1 atom stereocenters. The number of rotatable bonds is 2. The number of halogens is 2. The van der Waals surface area contributed by atoms with Gasteiger partial charge >= 0.3 is 0 Å². The van der Waals surface area contributed by atoms with E-state index in [0.717, 1.165) is 24.9 Å². The lowest BCUT2D eigenvalue weighted by Gasteiger charge is -2.23. The van der Waals surface area contributed by atoms with Gasteiger partial charge < -0.3 is 5.32 Å². The number of benzene rings is 1. The van der Waals surface area contributed by atoms with Crippen molar-refractivity contribution in [3.8, 4) is 0 Å². The lowest BCUT2D eigenvalue weighted by Crippen LogP contribution is -2.35. The molecule has 0 spiro atoms. The lowest BCUT2D eigenvalue weighted by molar-refractivity contribution is 0.395. The van der Waals surface area contributed by atoms with Crippen molar-refractivity contribution in [2.45, 2.75) is 38.6 Å². The molecule has 1 N–H and O–H groups in total. The Kier molecular flexibility index (Phi) is 3.82. The molecule has 1 aromatic carbocycles. The van der Waals surface area contributed by atoms with Gasteiger partial charge in [-0.25, -0.2) is 4.39 Å². The van der Waals surface area contributed by atoms with E-state index in [0.29, 0.717) is 16.6 Å². The molecule has 0 bridgehead atoms. The molecular weight excluding hydrogens is 225 g/mol. The Hall–Kier alpha value is -0.600. The van der Waals surface area contributed by atoms with Crippen molar-refractivity contribution < 1.29 is 4.39 Å². The average Bonchev–Trinajstić information content (AvgIpc) is 2.27. The van der Waals surface area contributed by atoms with Crippen LogP contribution in [-0.2, 0) is 6.42 Å². The van der Waals surface area contributed by atoms with Crippen LogP contribution in [0.2, 0.25) is 5.02 Å². The predicted molar refractivity (Wildman–Crippen MR) is 65.5 cm³/mol. The van der Waals surface area contributed by atoms with E-state index >= 15 is 0 Å². The molecule has 0 saturated carbocycles. The monoisotopic (exact) mass is 241 g/mol. The molecule has 88 valence electrons. The minimum atomic E-state index is -0.100. The molecule has 1 unspecified atom stereocenters. The van der Waals surface area contributed by atoms with Crippen LogP contribution in [0.5, 0.6) is 0 Å². The SMILES string of the molecule is Cc1cc(Cl)cc(CC2CCCCN2)c1F. The van der Waals surface area contributed by atoms with Gasteiger partial charge in [-0.15, -0.1) is 0 Å². The van der Waals surface area contributed by atoms with Crippen LogP contribution in [0.15, 0.2) is 12.1 Å². The summed E-state index contributed by atoms with van der Waals surface area (Å²) < 4.78 is 13.9. The number of aryl methyl sites for hydroxylation is 1. The molecule has 1 saturated heterocycles. The highest BCUT2D eigenvalue weighted by atomic mass is 35.5. The first-order valence-corrected chi connectivity index (χ1v) is 6.22. The maximum absolute atomic E-state index is 13.9. The second-order valence-corrected chi connectivity index (χ2v) is 4.98. The van der Waals surface area contributed by atoms with Crippen molar-refractivity contribution in [2.24, 2.45) is 0 Å². The number of hydrogen-bond acceptors (Lipinski definition) is 1. The van der Waals surface area contributed by atoms with Crippen LogP contribution in [0.1, 0.15) is 30.4 Å². The molecule has 2 rings (SSSR count). The Morgan fingerprint density at radius 1 is 1.44 bits per heavy atom. The molecule has 1 aliphatic heterocycles. The first kappa shape index (κ1) is 11.9. The van der Waals surface area contributed by atoms with E-state index in [2.05, 4.69) is 5.32 Å². The molecule has 16 heavy (non-hydrogen) atoms. The molecule has 1 nitrogen and oxygen atoms in total. The third-order valence-corrected chi connectivity index (χ3v) is 3.39. The van der Waals surface area contributed by atoms with Gasteiger partial charge in [-0.2, -0.15) is 0 Å². The second-order valence-electron chi connectivity index (χ2n) is 4.55. The minimum Gasteiger partial charge on any atom is -0.314 e. The molecule has 1 fully saturated rings. The quantitative estimate of drug-likeness (QED) is 0.836. The van der Waals surface area contributed by atoms with E-state index < -0.39 is 0 Å². The van der Waals surface area contributed by atoms with Crippen LogP contribution in [-0.4, -0.2) is 12.6 Å². The second kappa shape index (κ2) is 5.15. The normalized spacial score (nSPS) is 21.1. The molecule has 0 aliphatic carbocycles. The Morgan fingerprint density at radius 2 is 2.25 bits per heavy atom. The van der Waals surface area contributed by atoms with E-state index in [1.807, 2.05) is 0 Å². The molecule has 0 amide bonds. The Bertz CT molecular complexity index is 372. The van der Waals surface area contributed by atoms with Gasteiger partial charge in [0.25, 0.3) is 0 Å². The van der Waals surface area contributed by atoms with Crippen molar-refractivity contribution in [1.82, 2.24) is 5.32 Å². The Balaban J connectivity index is 2.13. The van der Waals surface area contributed by atoms with E-state index in [-0.39, 0.29) is 5.82 Å². The fourth-order valence-electron chi connectivity index (χ4n) is 2.31. The fraction of sp³-hybridized carbons (Fsp3) is 0.538. The summed E-state index contributed by atoms with van der Waals surface area (Å²) in [5.74, 6) is -0.100. The lowest BCUT2D eigenvalue weighted by atomic mass is 9.96. The molecule has 1 heterocycles. The number of piperidine rings is 1. The third-order valence-electron chi connectivity index (χ3n) is 3.17. The zero-order valence-electron chi connectivity index (χ0n) is 9.52. The van der Waals surface area contributed by atoms with Crippen LogP contribution in [0.25, 0.3) is 0 Å². The summed E-state index contributed by atoms with van der Waals surface area (Å²) in [5, 5.41) is 4.05. The number of nitrogens with one attached hydrogen (secondary N) is 1. The van der Waals surface area contributed by atoms with Gasteiger partial charge in [0.2, 0.25) is 0 Å². The third kappa shape index (κ3) is 2.74. The van der Waals surface area contributed by atoms with Crippen molar-refractivity contribution >= 4 is 11.6 Å². The van der Waals surface area contributed by atoms with Gasteiger partial charge in [-0.05, 0) is 56.0 Å². The summed E-state index contributed by atoms with van der Waals surface area (Å²) in [4.78, 5) is 0. The molecule has 3 heteroatoms. The molecule has 0 aromatic heterocycles. The van der Waals surface area contributed by atoms with Crippen molar-refractivity contribution in [1.29, 1.82) is 0 Å². The largest absolute Gasteiger partial charge is 0.314 e. The van der Waals surface area contributed by atoms with Crippen molar-refractivity contribution in [3.05, 3.63) is 34.1 Å². The van der Waals surface area contributed by atoms with E-state index in [1.165, 1.54) is 12.8 Å². The van der Waals surface area contributed by atoms with Gasteiger partial charge in [0.05, 0.1) is 0 Å². The highest BCUT2D eigenvalue weighted by Gasteiger charge is 2.16. The first-order chi connectivity index (χ1) is 7.66. The standard InChI is InChI=1S/C13H17ClFN/c1-9-6-11(14)7-10(13(9)15)8-12-4-2-3-5-16-12/h6-7,12,16H,2-5,8H2,1H3. The van der Waals surface area contributed by atoms with Crippen LogP contribution >= 0.6 is 11.6 Å². The average molecular weight is 242 g/mol. The summed E-state index contributed by atoms with van der Waals surface area (Å²) >= 11 is 5.95. The Morgan fingerprint density at radius 3 is 2.94 bits per heavy atom. The van der Waals surface area contributed by atoms with Crippen LogP contribution in [0, 0.1) is 12.7 Å². The molecular formula is C13H17ClFN. The summed E-state index contributed by atoms with van der Waals surface area (Å²) in [7, 11) is 0. The van der Waals surface area contributed by atoms with Gasteiger partial charge in [0.15, 0.2) is 0 Å². The molecule has 0 radical (unpaired) electrons. The highest BCUT2D eigenvalue weighted by molar-refractivity contribution is 6.30. The Labute approximate surface area is 101 Å². The van der Waals surface area contributed by atoms with E-state index in [1.54, 1.807) is 19.1 Å². The zero-order valence-corrected chi connectivity index (χ0v) is 10.3. The summed E-state index contributed by atoms with van der Waals surface area (Å²) in [6, 6.07) is 3.83. The summed E-state index contributed by atoms with van der Waals surface area (Å²) in [5.41, 5.74) is 1.38. The summed E-state index contributed by atoms with van der Waals surface area (Å²) in [6.07, 6.45) is 4.34. The van der Waals surface area contributed by atoms with Crippen molar-refractivity contribution in [3.63, 3.8) is 0 Å². The number of hydrogen-bond donors (Lipinski definition) is 1. The van der Waals surface area contributed by atoms with E-state index in [9.17, 15) is 4.39 Å². The topological polar surface area (TPSA) is 12.0 Å². The highest BCUT2D eigenvalue weighted by Crippen LogP contribution is 2.22. The van der Waals surface area contributed by atoms with Crippen LogP contribution in [0.4, 0.5) is 4.39 Å². The fourth-order valence-corrected chi connectivity index (χ4v) is 2.60. The maximum Gasteiger partial charge on any atom is 0.129 e. The molecule has 1 aromatic rings. The predicted octanol–water partition coefficient (Wildman–Crippen LogP) is 3.47.